The molecule has 20 rings (SSSR count). The normalized spacial score (nSPS) is 14.9. The zero-order valence-corrected chi connectivity index (χ0v) is 94.9. The number of amides is 5. The van der Waals surface area contributed by atoms with Crippen molar-refractivity contribution in [3.63, 3.8) is 0 Å². The molecule has 4 saturated carbocycles. The van der Waals surface area contributed by atoms with Gasteiger partial charge < -0.3 is 0 Å². The summed E-state index contributed by atoms with van der Waals surface area (Å²) in [5.41, 5.74) is 18.0. The summed E-state index contributed by atoms with van der Waals surface area (Å²) in [6.07, 6.45) is 24.8. The molecule has 5 amide bonds. The maximum absolute atomic E-state index is 13.1. The Kier molecular flexibility index (Phi) is 37.2. The van der Waals surface area contributed by atoms with Gasteiger partial charge in [0.05, 0.1) is 0 Å². The zero-order chi connectivity index (χ0) is 98.5. The second-order valence-corrected chi connectivity index (χ2v) is 51.5. The van der Waals surface area contributed by atoms with Crippen molar-refractivity contribution in [2.24, 2.45) is 0 Å². The van der Waals surface area contributed by atoms with E-state index in [1.165, 1.54) is 94.8 Å². The van der Waals surface area contributed by atoms with E-state index < -0.39 is 0 Å². The van der Waals surface area contributed by atoms with Crippen molar-refractivity contribution in [3.8, 4) is 79.1 Å². The van der Waals surface area contributed by atoms with Gasteiger partial charge in [-0.3, -0.25) is 0 Å². The molecule has 1 saturated heterocycles. The van der Waals surface area contributed by atoms with Gasteiger partial charge in [-0.15, -0.1) is 0 Å². The Morgan fingerprint density at radius 2 is 0.521 bits per heavy atom. The third kappa shape index (κ3) is 25.5. The third-order valence-electron chi connectivity index (χ3n) is 25.3. The summed E-state index contributed by atoms with van der Waals surface area (Å²) in [6.45, 7) is 11.5. The van der Waals surface area contributed by atoms with Crippen LogP contribution in [0.5, 0.6) is 0 Å². The first-order valence-corrected chi connectivity index (χ1v) is 60.2. The molecule has 0 bridgehead atoms. The third-order valence-corrected chi connectivity index (χ3v) is 38.3. The fourth-order valence-electron chi connectivity index (χ4n) is 18.3. The summed E-state index contributed by atoms with van der Waals surface area (Å²) in [5.74, 6) is -0.605. The van der Waals surface area contributed by atoms with Crippen molar-refractivity contribution in [1.82, 2.24) is 80.6 Å². The van der Waals surface area contributed by atoms with Gasteiger partial charge in [0.25, 0.3) is 0 Å². The van der Waals surface area contributed by atoms with Gasteiger partial charge in [-0.1, -0.05) is 0 Å². The number of rotatable bonds is 20. The SMILES string of the molecule is Cc1c(C(=O)NC2CCCC2)nn(-c2ccc(Cl)cc2Cl)c1-c1ccc(Br)[se]1.Cc1c(C(=O)NC2CCCC2)nn(-c2ccc(Cl)cc2Cl)c1-c1ccc[se]1.Cc1c(C(=O)NC2CCCCC2)nn(-c2ccc(Cl)cc2Cl)c1-c1ccc[se]1.Cc1c(C(=O)NC2CCCCCC2)nn(-c2ccc(Cl)cc2Cl)c1-c1ccc[se]1.Cc1c(C(=O)NN2CCCCC2)nn(-c2ccc(Cl)cc2Cl)c1-c1ccc[se]1. The molecule has 0 radical (unpaired) electrons. The number of nitrogens with one attached hydrogen (secondary N) is 5. The van der Waals surface area contributed by atoms with Crippen LogP contribution in [0.25, 0.3) is 79.1 Å². The Hall–Kier alpha value is -7.16. The Morgan fingerprint density at radius 1 is 0.293 bits per heavy atom. The van der Waals surface area contributed by atoms with Gasteiger partial charge in [0.15, 0.2) is 0 Å². The summed E-state index contributed by atoms with van der Waals surface area (Å²) in [7, 11) is 0. The molecule has 5 N–H and O–H groups in total. The first kappa shape index (κ1) is 106. The van der Waals surface area contributed by atoms with E-state index in [9.17, 15) is 24.0 Å². The van der Waals surface area contributed by atoms with Crippen molar-refractivity contribution in [3.05, 3.63) is 281 Å². The van der Waals surface area contributed by atoms with Crippen molar-refractivity contribution >= 4 is 234 Å². The van der Waals surface area contributed by atoms with Gasteiger partial charge in [-0.25, -0.2) is 0 Å². The fraction of sp³-hybridized carbons (Fsp3) is 0.320. The van der Waals surface area contributed by atoms with Gasteiger partial charge >= 0.3 is 912 Å². The van der Waals surface area contributed by atoms with Crippen LogP contribution in [-0.2, 0) is 0 Å². The van der Waals surface area contributed by atoms with E-state index in [4.69, 9.17) is 126 Å². The molecule has 140 heavy (non-hydrogen) atoms. The standard InChI is InChI=1S/C22H23Cl2N3OSe.C21H21Cl2N3OSe.C20H18BrCl2N3OSe.C20H20Cl2N4OSe.C20H19Cl2N3OSe/c1-14-20(22(28)25-16-7-4-2-3-5-8-16)26-27(21(14)19-9-6-12-29-19)18-11-10-15(23)13-17(18)24;1-13-19(21(27)24-15-6-3-2-4-7-15)25-26(20(13)18-8-5-11-28-18)17-10-9-14(22)12-16(17)23;1-11-18(20(27)24-13-4-2-3-5-13)25-26(15-7-6-12(22)10-14(15)23)19(11)16-8-9-17(21)28-16;1-13-18(20(27)24-25-9-3-2-4-10-25)23-26(19(13)17-6-5-11-28-17)16-8-7-14(21)12-15(16)22;1-12-18(20(26)23-14-5-2-3-6-14)24-25(19(12)17-7-4-10-27-17)16-9-8-13(21)11-15(16)22/h6,9-13,16H,2-5,7-8H2,1H3,(H,25,28);5,8-12,15H,2-4,6-7H2,1H3,(H,24,27);6-10,13H,2-5H2,1H3,(H,24,27);5-8,11-12H,2-4,9-10H2,1H3,(H,24,27);4,7-11,14H,2-3,5-6H2,1H3,(H,23,26). The molecule has 5 aliphatic rings. The van der Waals surface area contributed by atoms with Crippen LogP contribution in [0.2, 0.25) is 50.2 Å². The molecule has 4 aliphatic carbocycles. The Bertz CT molecular complexity index is 6740. The monoisotopic (exact) mass is 2470 g/mol. The first-order valence-electron chi connectivity index (χ1n) is 46.6. The van der Waals surface area contributed by atoms with Crippen molar-refractivity contribution < 1.29 is 24.0 Å². The summed E-state index contributed by atoms with van der Waals surface area (Å²) in [4.78, 5) is 73.6. The van der Waals surface area contributed by atoms with Crippen molar-refractivity contribution in [2.45, 2.75) is 200 Å². The number of piperidine rings is 1. The molecule has 10 aromatic heterocycles. The summed E-state index contributed by atoms with van der Waals surface area (Å²) >= 11 is 67.2. The second-order valence-electron chi connectivity index (χ2n) is 35.0. The van der Waals surface area contributed by atoms with E-state index in [1.54, 1.807) is 84.1 Å². The van der Waals surface area contributed by atoms with Gasteiger partial charge in [0.2, 0.25) is 0 Å². The summed E-state index contributed by atoms with van der Waals surface area (Å²) in [6, 6.07) is 48.3. The van der Waals surface area contributed by atoms with E-state index >= 15 is 0 Å². The van der Waals surface area contributed by atoms with Crippen LogP contribution >= 0.6 is 132 Å². The quantitative estimate of drug-likeness (QED) is 0.0355. The van der Waals surface area contributed by atoms with Crippen LogP contribution in [0.3, 0.4) is 0 Å². The second kappa shape index (κ2) is 49.4. The average Bonchev–Trinajstić information content (AvgIpc) is 1.68. The number of nitrogens with zero attached hydrogens (tertiary/aromatic N) is 11. The summed E-state index contributed by atoms with van der Waals surface area (Å²) < 4.78 is 16.0. The molecule has 0 atom stereocenters. The van der Waals surface area contributed by atoms with Crippen LogP contribution < -0.4 is 26.7 Å². The van der Waals surface area contributed by atoms with E-state index in [0.29, 0.717) is 90.1 Å². The number of aromatic nitrogens is 10. The molecular formula is C103H101BrCl10N16O5Se5. The van der Waals surface area contributed by atoms with Crippen LogP contribution in [0.15, 0.2) is 175 Å². The Balaban J connectivity index is 0.000000126. The summed E-state index contributed by atoms with van der Waals surface area (Å²) in [5, 5.41) is 43.5. The van der Waals surface area contributed by atoms with Crippen LogP contribution in [0.1, 0.15) is 222 Å². The number of hydrogen-bond donors (Lipinski definition) is 5. The predicted molar refractivity (Wildman–Crippen MR) is 577 cm³/mol. The molecular weight excluding hydrogens is 2370 g/mol. The number of hydrogen-bond acceptors (Lipinski definition) is 11. The predicted octanol–water partition coefficient (Wildman–Crippen LogP) is 25.8. The Morgan fingerprint density at radius 3 is 0.750 bits per heavy atom. The van der Waals surface area contributed by atoms with E-state index in [1.807, 2.05) is 88.2 Å². The van der Waals surface area contributed by atoms with Gasteiger partial charge in [-0.05, 0) is 0 Å². The van der Waals surface area contributed by atoms with Crippen molar-refractivity contribution in [2.75, 3.05) is 13.1 Å². The molecule has 1 aliphatic heterocycles. The minimum absolute atomic E-state index is 0.0986. The molecule has 15 aromatic rings. The fourth-order valence-corrected chi connectivity index (χ4v) is 30.3. The van der Waals surface area contributed by atoms with Crippen LogP contribution in [-0.4, -0.2) is 193 Å². The van der Waals surface area contributed by atoms with Gasteiger partial charge in [0.1, 0.15) is 0 Å². The van der Waals surface area contributed by atoms with E-state index in [-0.39, 0.29) is 126 Å². The molecule has 11 heterocycles. The molecule has 0 unspecified atom stereocenters. The van der Waals surface area contributed by atoms with E-state index in [0.717, 1.165) is 158 Å². The topological polar surface area (TPSA) is 238 Å². The molecule has 0 spiro atoms. The van der Waals surface area contributed by atoms with Crippen molar-refractivity contribution in [1.29, 1.82) is 0 Å². The average molecular weight is 2470 g/mol. The Labute approximate surface area is 902 Å². The molecule has 5 aromatic carbocycles. The number of hydrazine groups is 1. The molecule has 21 nitrogen and oxygen atoms in total. The number of benzene rings is 5. The van der Waals surface area contributed by atoms with Crippen LogP contribution in [0, 0.1) is 34.6 Å². The molecule has 37 heteroatoms. The number of carbonyl (C=O) groups excluding carboxylic acids is 5. The van der Waals surface area contributed by atoms with Gasteiger partial charge in [0, 0.05) is 0 Å². The molecule has 730 valence electrons. The minimum atomic E-state index is -0.177. The first-order chi connectivity index (χ1) is 67.6. The van der Waals surface area contributed by atoms with Crippen LogP contribution in [0.4, 0.5) is 0 Å². The van der Waals surface area contributed by atoms with E-state index in [2.05, 4.69) is 120 Å². The molecule has 5 fully saturated rings. The van der Waals surface area contributed by atoms with Gasteiger partial charge in [-0.2, -0.15) is 0 Å². The number of carbonyl (C=O) groups is 5. The zero-order valence-electron chi connectivity index (χ0n) is 77.2. The number of halogens is 11. The maximum atomic E-state index is 13.1.